The SMILES string of the molecule is CCCCCC1CCC(C#Cc2ccc(OCC)cc2)CC1. The summed E-state index contributed by atoms with van der Waals surface area (Å²) in [5.74, 6) is 9.34. The van der Waals surface area contributed by atoms with Crippen LogP contribution in [0.25, 0.3) is 0 Å². The fourth-order valence-electron chi connectivity index (χ4n) is 3.27. The van der Waals surface area contributed by atoms with Crippen molar-refractivity contribution in [1.82, 2.24) is 0 Å². The zero-order chi connectivity index (χ0) is 15.6. The van der Waals surface area contributed by atoms with Crippen molar-refractivity contribution >= 4 is 0 Å². The van der Waals surface area contributed by atoms with Gasteiger partial charge in [-0.2, -0.15) is 0 Å². The monoisotopic (exact) mass is 298 g/mol. The molecule has 0 radical (unpaired) electrons. The van der Waals surface area contributed by atoms with Crippen molar-refractivity contribution in [1.29, 1.82) is 0 Å². The lowest BCUT2D eigenvalue weighted by Crippen LogP contribution is -2.13. The average molecular weight is 298 g/mol. The summed E-state index contributed by atoms with van der Waals surface area (Å²) in [7, 11) is 0. The molecule has 1 aliphatic carbocycles. The first kappa shape index (κ1) is 16.9. The molecule has 0 heterocycles. The molecule has 0 aliphatic heterocycles. The molecule has 1 aromatic carbocycles. The molecule has 0 N–H and O–H groups in total. The zero-order valence-electron chi connectivity index (χ0n) is 14.2. The Balaban J connectivity index is 1.76. The van der Waals surface area contributed by atoms with E-state index in [1.54, 1.807) is 0 Å². The highest BCUT2D eigenvalue weighted by atomic mass is 16.5. The Morgan fingerprint density at radius 2 is 1.73 bits per heavy atom. The van der Waals surface area contributed by atoms with E-state index in [2.05, 4.69) is 30.9 Å². The quantitative estimate of drug-likeness (QED) is 0.474. The van der Waals surface area contributed by atoms with Crippen LogP contribution in [0.3, 0.4) is 0 Å². The Morgan fingerprint density at radius 1 is 1.00 bits per heavy atom. The predicted molar refractivity (Wildman–Crippen MR) is 94.1 cm³/mol. The highest BCUT2D eigenvalue weighted by molar-refractivity contribution is 5.38. The minimum absolute atomic E-state index is 0.606. The van der Waals surface area contributed by atoms with E-state index in [1.807, 2.05) is 19.1 Å². The van der Waals surface area contributed by atoms with Crippen LogP contribution >= 0.6 is 0 Å². The standard InChI is InChI=1S/C21H30O/c1-3-5-6-7-18-8-10-19(11-9-18)12-13-20-14-16-21(17-15-20)22-4-2/h14-19H,3-11H2,1-2H3. The predicted octanol–water partition coefficient (Wildman–Crippen LogP) is 5.82. The van der Waals surface area contributed by atoms with E-state index in [0.717, 1.165) is 17.2 Å². The van der Waals surface area contributed by atoms with Gasteiger partial charge in [-0.3, -0.25) is 0 Å². The average Bonchev–Trinajstić information content (AvgIpc) is 2.56. The van der Waals surface area contributed by atoms with Gasteiger partial charge in [0, 0.05) is 11.5 Å². The second kappa shape index (κ2) is 9.57. The molecular formula is C21H30O. The van der Waals surface area contributed by atoms with Gasteiger partial charge < -0.3 is 4.74 Å². The van der Waals surface area contributed by atoms with Crippen LogP contribution < -0.4 is 4.74 Å². The molecule has 22 heavy (non-hydrogen) atoms. The molecular weight excluding hydrogens is 268 g/mol. The molecule has 0 amide bonds. The summed E-state index contributed by atoms with van der Waals surface area (Å²) in [5.41, 5.74) is 1.11. The second-order valence-corrected chi connectivity index (χ2v) is 6.44. The topological polar surface area (TPSA) is 9.23 Å². The number of unbranched alkanes of at least 4 members (excludes halogenated alkanes) is 2. The van der Waals surface area contributed by atoms with Gasteiger partial charge in [-0.15, -0.1) is 0 Å². The largest absolute Gasteiger partial charge is 0.494 e. The summed E-state index contributed by atoms with van der Waals surface area (Å²) in [4.78, 5) is 0. The Kier molecular flexibility index (Phi) is 7.37. The molecule has 1 fully saturated rings. The third-order valence-electron chi connectivity index (χ3n) is 4.65. The number of rotatable bonds is 6. The Morgan fingerprint density at radius 3 is 2.36 bits per heavy atom. The molecule has 1 nitrogen and oxygen atoms in total. The van der Waals surface area contributed by atoms with Gasteiger partial charge in [0.2, 0.25) is 0 Å². The number of benzene rings is 1. The number of ether oxygens (including phenoxy) is 1. The molecule has 120 valence electrons. The Hall–Kier alpha value is -1.42. The highest BCUT2D eigenvalue weighted by Gasteiger charge is 2.19. The third kappa shape index (κ3) is 5.76. The molecule has 1 heteroatoms. The van der Waals surface area contributed by atoms with Crippen LogP contribution in [0.15, 0.2) is 24.3 Å². The maximum Gasteiger partial charge on any atom is 0.119 e. The summed E-state index contributed by atoms with van der Waals surface area (Å²) in [6, 6.07) is 8.15. The molecule has 2 rings (SSSR count). The fourth-order valence-corrected chi connectivity index (χ4v) is 3.27. The van der Waals surface area contributed by atoms with E-state index < -0.39 is 0 Å². The first-order valence-electron chi connectivity index (χ1n) is 9.06. The molecule has 0 unspecified atom stereocenters. The number of hydrogen-bond acceptors (Lipinski definition) is 1. The normalized spacial score (nSPS) is 21.0. The minimum atomic E-state index is 0.606. The highest BCUT2D eigenvalue weighted by Crippen LogP contribution is 2.31. The number of hydrogen-bond donors (Lipinski definition) is 0. The van der Waals surface area contributed by atoms with Gasteiger partial charge in [-0.25, -0.2) is 0 Å². The van der Waals surface area contributed by atoms with Crippen LogP contribution in [0.4, 0.5) is 0 Å². The van der Waals surface area contributed by atoms with E-state index in [4.69, 9.17) is 4.74 Å². The van der Waals surface area contributed by atoms with Gasteiger partial charge in [0.25, 0.3) is 0 Å². The summed E-state index contributed by atoms with van der Waals surface area (Å²) >= 11 is 0. The molecule has 0 saturated heterocycles. The van der Waals surface area contributed by atoms with Crippen LogP contribution in [0.5, 0.6) is 5.75 Å². The maximum atomic E-state index is 5.46. The minimum Gasteiger partial charge on any atom is -0.494 e. The lowest BCUT2D eigenvalue weighted by molar-refractivity contribution is 0.294. The third-order valence-corrected chi connectivity index (χ3v) is 4.65. The molecule has 0 atom stereocenters. The lowest BCUT2D eigenvalue weighted by Gasteiger charge is -2.25. The van der Waals surface area contributed by atoms with E-state index in [-0.39, 0.29) is 0 Å². The van der Waals surface area contributed by atoms with Crippen molar-refractivity contribution in [3.05, 3.63) is 29.8 Å². The van der Waals surface area contributed by atoms with Gasteiger partial charge in [-0.1, -0.05) is 44.4 Å². The van der Waals surface area contributed by atoms with Crippen LogP contribution in [-0.4, -0.2) is 6.61 Å². The van der Waals surface area contributed by atoms with Crippen LogP contribution in [-0.2, 0) is 0 Å². The molecule has 1 aliphatic rings. The first-order chi connectivity index (χ1) is 10.8. The van der Waals surface area contributed by atoms with E-state index in [1.165, 1.54) is 51.4 Å². The van der Waals surface area contributed by atoms with Gasteiger partial charge in [-0.05, 0) is 62.8 Å². The van der Waals surface area contributed by atoms with Gasteiger partial charge in [0.05, 0.1) is 6.61 Å². The van der Waals surface area contributed by atoms with Crippen molar-refractivity contribution in [3.63, 3.8) is 0 Å². The first-order valence-corrected chi connectivity index (χ1v) is 9.06. The van der Waals surface area contributed by atoms with Gasteiger partial charge in [0.15, 0.2) is 0 Å². The maximum absolute atomic E-state index is 5.46. The zero-order valence-corrected chi connectivity index (χ0v) is 14.2. The van der Waals surface area contributed by atoms with E-state index in [0.29, 0.717) is 12.5 Å². The fraction of sp³-hybridized carbons (Fsp3) is 0.619. The Labute approximate surface area is 136 Å². The summed E-state index contributed by atoms with van der Waals surface area (Å²) in [5, 5.41) is 0. The van der Waals surface area contributed by atoms with Crippen molar-refractivity contribution in [2.75, 3.05) is 6.61 Å². The Bertz CT molecular complexity index is 469. The van der Waals surface area contributed by atoms with Gasteiger partial charge >= 0.3 is 0 Å². The van der Waals surface area contributed by atoms with Crippen LogP contribution in [0, 0.1) is 23.7 Å². The summed E-state index contributed by atoms with van der Waals surface area (Å²) < 4.78 is 5.46. The lowest BCUT2D eigenvalue weighted by atomic mass is 9.80. The second-order valence-electron chi connectivity index (χ2n) is 6.44. The van der Waals surface area contributed by atoms with Crippen molar-refractivity contribution in [2.24, 2.45) is 11.8 Å². The van der Waals surface area contributed by atoms with Gasteiger partial charge in [0.1, 0.15) is 5.75 Å². The van der Waals surface area contributed by atoms with Crippen molar-refractivity contribution < 1.29 is 4.74 Å². The molecule has 0 bridgehead atoms. The molecule has 1 aromatic rings. The smallest absolute Gasteiger partial charge is 0.119 e. The molecule has 0 spiro atoms. The molecule has 0 aromatic heterocycles. The van der Waals surface area contributed by atoms with Crippen LogP contribution in [0.1, 0.15) is 70.8 Å². The van der Waals surface area contributed by atoms with Crippen LogP contribution in [0.2, 0.25) is 0 Å². The molecule has 1 saturated carbocycles. The summed E-state index contributed by atoms with van der Waals surface area (Å²) in [6.45, 7) is 5.01. The summed E-state index contributed by atoms with van der Waals surface area (Å²) in [6.07, 6.45) is 10.9. The van der Waals surface area contributed by atoms with Crippen molar-refractivity contribution in [3.8, 4) is 17.6 Å². The van der Waals surface area contributed by atoms with E-state index in [9.17, 15) is 0 Å². The van der Waals surface area contributed by atoms with E-state index >= 15 is 0 Å². The van der Waals surface area contributed by atoms with Crippen molar-refractivity contribution in [2.45, 2.75) is 65.2 Å².